The first-order valence-electron chi connectivity index (χ1n) is 39.9. The number of hydrogen-bond donors (Lipinski definition) is 8. The van der Waals surface area contributed by atoms with Crippen LogP contribution >= 0.6 is 34.8 Å². The molecule has 0 saturated carbocycles. The molecule has 0 fully saturated rings. The zero-order chi connectivity index (χ0) is 88.0. The Hall–Kier alpha value is -12.0. The number of carbonyl (C=O) groups is 6. The molecule has 29 heteroatoms. The Balaban J connectivity index is 0.000000180. The smallest absolute Gasteiger partial charge is 0.281 e. The molecule has 10 aromatic carbocycles. The average Bonchev–Trinajstić information content (AvgIpc) is 1.65. The highest BCUT2D eigenvalue weighted by Gasteiger charge is 2.27. The van der Waals surface area contributed by atoms with E-state index in [-0.39, 0.29) is 54.5 Å². The molecule has 0 unspecified atom stereocenters. The molecular formula is C94H95Cl3N8O15S3. The van der Waals surface area contributed by atoms with E-state index in [0.29, 0.717) is 90.6 Å². The average molecular weight is 1780 g/mol. The molecule has 0 radical (unpaired) electrons. The number of nitrogens with one attached hydrogen (secondary N) is 8. The number of ether oxygens (including phenoxy) is 3. The first-order valence-corrected chi connectivity index (χ1v) is 46.0. The Morgan fingerprint density at radius 3 is 1.12 bits per heavy atom. The van der Waals surface area contributed by atoms with Crippen molar-refractivity contribution in [2.75, 3.05) is 50.2 Å². The molecular weight excluding hydrogens is 1680 g/mol. The highest BCUT2D eigenvalue weighted by atomic mass is 35.5. The minimum atomic E-state index is -4.04. The van der Waals surface area contributed by atoms with Gasteiger partial charge < -0.3 is 39.8 Å². The third kappa shape index (κ3) is 25.8. The van der Waals surface area contributed by atoms with Crippen LogP contribution in [0.2, 0.25) is 15.1 Å². The highest BCUT2D eigenvalue weighted by molar-refractivity contribution is 7.90. The van der Waals surface area contributed by atoms with E-state index in [4.69, 9.17) is 49.0 Å². The van der Waals surface area contributed by atoms with Crippen LogP contribution in [-0.4, -0.2) is 126 Å². The zero-order valence-corrected chi connectivity index (χ0v) is 73.4. The van der Waals surface area contributed by atoms with Crippen molar-refractivity contribution in [3.05, 3.63) is 317 Å². The molecule has 0 aliphatic heterocycles. The number of carbonyl (C=O) groups excluding carboxylic acids is 6. The second-order valence-electron chi connectivity index (χ2n) is 29.5. The molecule has 3 heterocycles. The molecule has 0 bridgehead atoms. The van der Waals surface area contributed by atoms with Gasteiger partial charge in [0, 0.05) is 84.5 Å². The van der Waals surface area contributed by atoms with Gasteiger partial charge in [0.25, 0.3) is 23.6 Å². The zero-order valence-electron chi connectivity index (χ0n) is 68.7. The maximum absolute atomic E-state index is 13.2. The summed E-state index contributed by atoms with van der Waals surface area (Å²) in [6.45, 7) is 12.4. The first kappa shape index (κ1) is 91.7. The molecule has 640 valence electrons. The molecule has 13 rings (SSSR count). The fourth-order valence-electron chi connectivity index (χ4n) is 14.0. The van der Waals surface area contributed by atoms with Crippen LogP contribution in [0.5, 0.6) is 17.2 Å². The first-order chi connectivity index (χ1) is 58.9. The highest BCUT2D eigenvalue weighted by Crippen LogP contribution is 2.32. The van der Waals surface area contributed by atoms with E-state index >= 15 is 0 Å². The molecule has 3 aromatic heterocycles. The molecule has 0 aliphatic rings. The number of sulfonamides is 3. The number of H-pyrrole nitrogens is 3. The third-order valence-corrected chi connectivity index (χ3v) is 25.7. The van der Waals surface area contributed by atoms with E-state index in [9.17, 15) is 54.0 Å². The van der Waals surface area contributed by atoms with Crippen LogP contribution < -0.4 is 39.0 Å². The number of amides is 5. The minimum Gasteiger partial charge on any atom is -0.494 e. The largest absolute Gasteiger partial charge is 0.494 e. The molecule has 0 aliphatic carbocycles. The number of aryl methyl sites for hydroxylation is 9. The summed E-state index contributed by atoms with van der Waals surface area (Å²) >= 11 is 18.7. The van der Waals surface area contributed by atoms with E-state index in [1.807, 2.05) is 217 Å². The molecule has 123 heavy (non-hydrogen) atoms. The maximum atomic E-state index is 13.2. The summed E-state index contributed by atoms with van der Waals surface area (Å²) in [5.74, 6) is -2.27. The summed E-state index contributed by atoms with van der Waals surface area (Å²) in [5.41, 5.74) is 12.3. The summed E-state index contributed by atoms with van der Waals surface area (Å²) < 4.78 is 100. The summed E-state index contributed by atoms with van der Waals surface area (Å²) in [7, 11) is -12.0. The Labute approximate surface area is 730 Å². The van der Waals surface area contributed by atoms with Gasteiger partial charge in [0.2, 0.25) is 36.0 Å². The van der Waals surface area contributed by atoms with Gasteiger partial charge >= 0.3 is 0 Å². The molecule has 0 atom stereocenters. The molecule has 5 amide bonds. The van der Waals surface area contributed by atoms with E-state index in [1.54, 1.807) is 42.5 Å². The van der Waals surface area contributed by atoms with Crippen LogP contribution in [0.15, 0.2) is 218 Å². The van der Waals surface area contributed by atoms with Crippen LogP contribution in [0.1, 0.15) is 140 Å². The fourth-order valence-corrected chi connectivity index (χ4v) is 17.1. The van der Waals surface area contributed by atoms with E-state index in [1.165, 1.54) is 6.08 Å². The Bertz CT molecular complexity index is 6360. The Kier molecular flexibility index (Phi) is 31.8. The van der Waals surface area contributed by atoms with Crippen molar-refractivity contribution in [3.8, 4) is 17.2 Å². The van der Waals surface area contributed by atoms with Crippen molar-refractivity contribution in [1.82, 2.24) is 39.8 Å². The van der Waals surface area contributed by atoms with Crippen LogP contribution in [-0.2, 0) is 54.1 Å². The van der Waals surface area contributed by atoms with Gasteiger partial charge in [0.15, 0.2) is 5.78 Å². The lowest BCUT2D eigenvalue weighted by Gasteiger charge is -2.11. The predicted octanol–water partition coefficient (Wildman–Crippen LogP) is 17.6. The number of ketones is 1. The Morgan fingerprint density at radius 1 is 0.366 bits per heavy atom. The van der Waals surface area contributed by atoms with E-state index in [0.717, 1.165) is 110 Å². The number of hydrogen-bond acceptors (Lipinski definition) is 15. The van der Waals surface area contributed by atoms with E-state index in [2.05, 4.69) is 39.8 Å². The standard InChI is InChI=1S/C33H32ClN3O5S.C31H32ClN3O5S.C30H31ClN2O5S/c1-21-18-26(19-22(2)30(21)34)42-16-7-11-28-27-10-5-6-12-29(27)36-31(28)33(39)37-43(40,41)17-15-35-32(38)25-14-13-23-8-3-4-9-24(23)20-25;1-21-19-24(20-22(2)29(21)32)40-17-8-12-26-25-11-6-7-13-27(25)34-30(26)31(37)35-41(38,39)18-16-33-28(36)15-14-23-9-4-3-5-10-23;1-20-18-23(19-21(2)28(20)31)38-16-8-13-25-24-12-6-7-14-26(24)32-29(25)30(35)33-39(36,37)17-9-15-27(34)22-10-4-3-5-11-22/h3-6,8-10,12-14,18-20,36H,7,11,15-17H2,1-2H3,(H,35,38)(H,37,39);3-7,9-11,13-15,19-20,34H,8,12,16-18H2,1-2H3,(H,33,36)(H,35,37);3-7,10-12,14,18-19,32H,8-9,13,15-17H2,1-2H3,(H,33,35)/b;15-14+;. The molecule has 0 spiro atoms. The van der Waals surface area contributed by atoms with Gasteiger partial charge in [-0.3, -0.25) is 28.8 Å². The predicted molar refractivity (Wildman–Crippen MR) is 488 cm³/mol. The summed E-state index contributed by atoms with van der Waals surface area (Å²) in [4.78, 5) is 85.6. The van der Waals surface area contributed by atoms with Crippen LogP contribution in [0, 0.1) is 41.5 Å². The Morgan fingerprint density at radius 2 is 0.715 bits per heavy atom. The lowest BCUT2D eigenvalue weighted by atomic mass is 10.1. The van der Waals surface area contributed by atoms with Crippen molar-refractivity contribution in [2.24, 2.45) is 0 Å². The number of aromatic nitrogens is 3. The second kappa shape index (κ2) is 42.6. The maximum Gasteiger partial charge on any atom is 0.281 e. The summed E-state index contributed by atoms with van der Waals surface area (Å²) in [6.07, 6.45) is 6.42. The summed E-state index contributed by atoms with van der Waals surface area (Å²) in [5, 5.41) is 11.7. The van der Waals surface area contributed by atoms with Crippen molar-refractivity contribution < 1.29 is 68.2 Å². The lowest BCUT2D eigenvalue weighted by Crippen LogP contribution is -2.37. The SMILES string of the molecule is Cc1cc(OCCCc2c(C(=O)NS(=O)(=O)CCCC(=O)c3ccccc3)[nH]c3ccccc23)cc(C)c1Cl.Cc1cc(OCCCc2c(C(=O)NS(=O)(=O)CCNC(=O)/C=C/c3ccccc3)[nH]c3ccccc23)cc(C)c1Cl.Cc1cc(OCCCc2c(C(=O)NS(=O)(=O)CCNC(=O)c3ccc4ccccc4c3)[nH]c3ccccc23)cc(C)c1Cl. The molecule has 0 saturated heterocycles. The number of benzene rings is 10. The number of halogens is 3. The monoisotopic (exact) mass is 1780 g/mol. The minimum absolute atomic E-state index is 0.0728. The third-order valence-electron chi connectivity index (χ3n) is 20.1. The molecule has 23 nitrogen and oxygen atoms in total. The number of aromatic amines is 3. The topological polar surface area (TPSA) is 340 Å². The van der Waals surface area contributed by atoms with Crippen LogP contribution in [0.25, 0.3) is 49.6 Å². The van der Waals surface area contributed by atoms with Crippen molar-refractivity contribution >= 4 is 150 Å². The van der Waals surface area contributed by atoms with Crippen molar-refractivity contribution in [3.63, 3.8) is 0 Å². The van der Waals surface area contributed by atoms with Gasteiger partial charge in [-0.05, 0) is 226 Å². The van der Waals surface area contributed by atoms with Crippen molar-refractivity contribution in [2.45, 2.75) is 92.9 Å². The van der Waals surface area contributed by atoms with Gasteiger partial charge in [-0.1, -0.05) is 180 Å². The van der Waals surface area contributed by atoms with Gasteiger partial charge in [0.05, 0.1) is 37.1 Å². The number of para-hydroxylation sites is 3. The second-order valence-corrected chi connectivity index (χ2v) is 36.2. The normalized spacial score (nSPS) is 11.5. The number of fused-ring (bicyclic) bond motifs is 4. The number of rotatable bonds is 35. The summed E-state index contributed by atoms with van der Waals surface area (Å²) in [6, 6.07) is 64.5. The molecule has 13 aromatic rings. The molecule has 8 N–H and O–H groups in total. The lowest BCUT2D eigenvalue weighted by molar-refractivity contribution is -0.116. The van der Waals surface area contributed by atoms with Crippen molar-refractivity contribution in [1.29, 1.82) is 0 Å². The van der Waals surface area contributed by atoms with E-state index < -0.39 is 71.1 Å². The van der Waals surface area contributed by atoms with Gasteiger partial charge in [-0.2, -0.15) is 0 Å². The van der Waals surface area contributed by atoms with Crippen LogP contribution in [0.3, 0.4) is 0 Å². The van der Waals surface area contributed by atoms with Gasteiger partial charge in [0.1, 0.15) is 34.3 Å². The van der Waals surface area contributed by atoms with Gasteiger partial charge in [-0.15, -0.1) is 0 Å². The van der Waals surface area contributed by atoms with Gasteiger partial charge in [-0.25, -0.2) is 39.4 Å². The van der Waals surface area contributed by atoms with Crippen LogP contribution in [0.4, 0.5) is 0 Å². The fraction of sp³-hybridized carbons (Fsp3) is 0.234. The quantitative estimate of drug-likeness (QED) is 0.0104. The number of Topliss-reactive ketones (excluding diaryl/α,β-unsaturated/α-hetero) is 1.